The second-order valence-corrected chi connectivity index (χ2v) is 6.15. The molecule has 0 atom stereocenters. The van der Waals surface area contributed by atoms with Gasteiger partial charge in [0, 0.05) is 16.6 Å². The largest absolute Gasteiger partial charge is 0.358 e. The van der Waals surface area contributed by atoms with Gasteiger partial charge in [0.05, 0.1) is 10.0 Å². The van der Waals surface area contributed by atoms with Gasteiger partial charge < -0.3 is 10.7 Å². The van der Waals surface area contributed by atoms with E-state index in [0.29, 0.717) is 16.6 Å². The molecule has 0 unspecified atom stereocenters. The molecule has 3 N–H and O–H groups in total. The molecule has 3 aromatic rings. The number of fused-ring (bicyclic) bond motifs is 1. The van der Waals surface area contributed by atoms with Gasteiger partial charge in [-0.05, 0) is 54.3 Å². The highest BCUT2D eigenvalue weighted by atomic mass is 35.5. The molecule has 0 bridgehead atoms. The number of aromatic nitrogens is 1. The van der Waals surface area contributed by atoms with Crippen LogP contribution in [0.5, 0.6) is 0 Å². The normalized spacial score (nSPS) is 11.3. The van der Waals surface area contributed by atoms with E-state index in [-0.39, 0.29) is 0 Å². The highest BCUT2D eigenvalue weighted by Crippen LogP contribution is 2.36. The maximum atomic E-state index is 6.19. The van der Waals surface area contributed by atoms with Crippen LogP contribution in [0.4, 0.5) is 0 Å². The van der Waals surface area contributed by atoms with Crippen LogP contribution in [0, 0.1) is 0 Å². The fourth-order valence-corrected chi connectivity index (χ4v) is 3.29. The minimum Gasteiger partial charge on any atom is -0.358 e. The average molecular weight is 333 g/mol. The van der Waals surface area contributed by atoms with Crippen molar-refractivity contribution in [1.82, 2.24) is 4.98 Å². The quantitative estimate of drug-likeness (QED) is 0.676. The van der Waals surface area contributed by atoms with E-state index in [0.717, 1.165) is 29.5 Å². The molecule has 0 saturated heterocycles. The first kappa shape index (κ1) is 15.4. The number of hydrogen-bond acceptors (Lipinski definition) is 1. The molecule has 114 valence electrons. The molecule has 0 spiro atoms. The summed E-state index contributed by atoms with van der Waals surface area (Å²) in [5.41, 5.74) is 11.8. The molecule has 1 aromatic heterocycles. The smallest absolute Gasteiger partial charge is 0.0598 e. The van der Waals surface area contributed by atoms with Crippen LogP contribution in [-0.4, -0.2) is 11.5 Å². The van der Waals surface area contributed by atoms with Crippen molar-refractivity contribution in [2.75, 3.05) is 6.54 Å². The molecule has 0 fully saturated rings. The Labute approximate surface area is 140 Å². The first-order valence-corrected chi connectivity index (χ1v) is 8.19. The molecule has 0 amide bonds. The SMILES string of the molecule is CCc1[nH]c2cccc(-c3ccc(Cl)c(Cl)c3)c2c1CCN. The van der Waals surface area contributed by atoms with E-state index in [9.17, 15) is 0 Å². The van der Waals surface area contributed by atoms with Crippen LogP contribution in [0.15, 0.2) is 36.4 Å². The lowest BCUT2D eigenvalue weighted by atomic mass is 9.96. The number of rotatable bonds is 4. The molecule has 0 aliphatic rings. The Balaban J connectivity index is 2.28. The van der Waals surface area contributed by atoms with E-state index in [4.69, 9.17) is 28.9 Å². The van der Waals surface area contributed by atoms with E-state index in [1.807, 2.05) is 18.2 Å². The van der Waals surface area contributed by atoms with Gasteiger partial charge in [-0.1, -0.05) is 48.3 Å². The summed E-state index contributed by atoms with van der Waals surface area (Å²) in [5, 5.41) is 2.38. The first-order valence-electron chi connectivity index (χ1n) is 7.43. The summed E-state index contributed by atoms with van der Waals surface area (Å²) in [7, 11) is 0. The molecular formula is C18H18Cl2N2. The number of benzene rings is 2. The predicted octanol–water partition coefficient (Wildman–Crippen LogP) is 5.21. The van der Waals surface area contributed by atoms with Crippen molar-refractivity contribution in [2.24, 2.45) is 5.73 Å². The van der Waals surface area contributed by atoms with Crippen LogP contribution >= 0.6 is 23.2 Å². The lowest BCUT2D eigenvalue weighted by Crippen LogP contribution is -2.04. The molecule has 0 saturated carbocycles. The van der Waals surface area contributed by atoms with Gasteiger partial charge in [0.25, 0.3) is 0 Å². The van der Waals surface area contributed by atoms with Crippen LogP contribution < -0.4 is 5.73 Å². The third kappa shape index (κ3) is 2.63. The van der Waals surface area contributed by atoms with Crippen molar-refractivity contribution in [3.63, 3.8) is 0 Å². The van der Waals surface area contributed by atoms with Gasteiger partial charge in [0.1, 0.15) is 0 Å². The fraction of sp³-hybridized carbons (Fsp3) is 0.222. The van der Waals surface area contributed by atoms with Crippen LogP contribution in [0.25, 0.3) is 22.0 Å². The maximum absolute atomic E-state index is 6.19. The number of aryl methyl sites for hydroxylation is 1. The van der Waals surface area contributed by atoms with Gasteiger partial charge in [0.2, 0.25) is 0 Å². The number of H-pyrrole nitrogens is 1. The minimum atomic E-state index is 0.572. The van der Waals surface area contributed by atoms with Crippen molar-refractivity contribution < 1.29 is 0 Å². The number of hydrogen-bond donors (Lipinski definition) is 2. The van der Waals surface area contributed by atoms with E-state index in [2.05, 4.69) is 30.1 Å². The Hall–Kier alpha value is -1.48. The monoisotopic (exact) mass is 332 g/mol. The number of nitrogens with two attached hydrogens (primary N) is 1. The standard InChI is InChI=1S/C18H18Cl2N2/c1-2-16-13(8-9-21)18-12(4-3-5-17(18)22-16)11-6-7-14(19)15(20)10-11/h3-7,10,22H,2,8-9,21H2,1H3. The Morgan fingerprint density at radius 2 is 1.91 bits per heavy atom. The second kappa shape index (κ2) is 6.33. The summed E-state index contributed by atoms with van der Waals surface area (Å²) in [6, 6.07) is 12.1. The molecule has 0 aliphatic heterocycles. The molecular weight excluding hydrogens is 315 g/mol. The highest BCUT2D eigenvalue weighted by molar-refractivity contribution is 6.42. The molecule has 2 aromatic carbocycles. The van der Waals surface area contributed by atoms with Crippen LogP contribution in [0.3, 0.4) is 0 Å². The van der Waals surface area contributed by atoms with Crippen molar-refractivity contribution in [3.8, 4) is 11.1 Å². The lowest BCUT2D eigenvalue weighted by molar-refractivity contribution is 0.936. The zero-order chi connectivity index (χ0) is 15.7. The molecule has 1 heterocycles. The average Bonchev–Trinajstić information content (AvgIpc) is 2.88. The zero-order valence-electron chi connectivity index (χ0n) is 12.4. The maximum Gasteiger partial charge on any atom is 0.0598 e. The summed E-state index contributed by atoms with van der Waals surface area (Å²) in [6.07, 6.45) is 1.83. The van der Waals surface area contributed by atoms with Crippen LogP contribution in [0.2, 0.25) is 10.0 Å². The molecule has 4 heteroatoms. The Morgan fingerprint density at radius 3 is 2.59 bits per heavy atom. The van der Waals surface area contributed by atoms with E-state index in [1.165, 1.54) is 16.6 Å². The molecule has 22 heavy (non-hydrogen) atoms. The zero-order valence-corrected chi connectivity index (χ0v) is 13.9. The van der Waals surface area contributed by atoms with E-state index in [1.54, 1.807) is 0 Å². The van der Waals surface area contributed by atoms with Crippen molar-refractivity contribution in [1.29, 1.82) is 0 Å². The summed E-state index contributed by atoms with van der Waals surface area (Å²) in [4.78, 5) is 3.52. The molecule has 2 nitrogen and oxygen atoms in total. The first-order chi connectivity index (χ1) is 10.7. The summed E-state index contributed by atoms with van der Waals surface area (Å²) < 4.78 is 0. The summed E-state index contributed by atoms with van der Waals surface area (Å²) in [5.74, 6) is 0. The second-order valence-electron chi connectivity index (χ2n) is 5.33. The topological polar surface area (TPSA) is 41.8 Å². The lowest BCUT2D eigenvalue weighted by Gasteiger charge is -2.08. The fourth-order valence-electron chi connectivity index (χ4n) is 3.00. The van der Waals surface area contributed by atoms with Gasteiger partial charge in [-0.25, -0.2) is 0 Å². The van der Waals surface area contributed by atoms with Crippen molar-refractivity contribution in [3.05, 3.63) is 57.7 Å². The van der Waals surface area contributed by atoms with Gasteiger partial charge in [-0.3, -0.25) is 0 Å². The third-order valence-corrected chi connectivity index (χ3v) is 4.73. The molecule has 3 rings (SSSR count). The Morgan fingerprint density at radius 1 is 1.09 bits per heavy atom. The molecule has 0 aliphatic carbocycles. The van der Waals surface area contributed by atoms with Gasteiger partial charge >= 0.3 is 0 Å². The van der Waals surface area contributed by atoms with Crippen LogP contribution in [-0.2, 0) is 12.8 Å². The van der Waals surface area contributed by atoms with E-state index >= 15 is 0 Å². The summed E-state index contributed by atoms with van der Waals surface area (Å²) in [6.45, 7) is 2.79. The minimum absolute atomic E-state index is 0.572. The van der Waals surface area contributed by atoms with E-state index < -0.39 is 0 Å². The Bertz CT molecular complexity index is 821. The Kier molecular flexibility index (Phi) is 4.44. The third-order valence-electron chi connectivity index (χ3n) is 3.99. The van der Waals surface area contributed by atoms with Crippen LogP contribution in [0.1, 0.15) is 18.2 Å². The van der Waals surface area contributed by atoms with Gasteiger partial charge in [-0.15, -0.1) is 0 Å². The predicted molar refractivity (Wildman–Crippen MR) is 95.9 cm³/mol. The summed E-state index contributed by atoms with van der Waals surface area (Å²) >= 11 is 12.2. The number of nitrogens with one attached hydrogen (secondary N) is 1. The number of halogens is 2. The van der Waals surface area contributed by atoms with Gasteiger partial charge in [0.15, 0.2) is 0 Å². The van der Waals surface area contributed by atoms with Crippen molar-refractivity contribution in [2.45, 2.75) is 19.8 Å². The van der Waals surface area contributed by atoms with Gasteiger partial charge in [-0.2, -0.15) is 0 Å². The highest BCUT2D eigenvalue weighted by Gasteiger charge is 2.14. The van der Waals surface area contributed by atoms with Crippen molar-refractivity contribution >= 4 is 34.1 Å². The molecule has 0 radical (unpaired) electrons. The number of aromatic amines is 1.